The largest absolute Gasteiger partial charge is 0.316 e. The minimum Gasteiger partial charge on any atom is -0.316 e. The zero-order valence-electron chi connectivity index (χ0n) is 12.4. The molecule has 1 aliphatic heterocycles. The molecule has 114 valence electrons. The van der Waals surface area contributed by atoms with Crippen molar-refractivity contribution >= 4 is 10.0 Å². The van der Waals surface area contributed by atoms with Crippen molar-refractivity contribution in [1.82, 2.24) is 19.8 Å². The molecular formula is C13H24N4O2S. The predicted octanol–water partition coefficient (Wildman–Crippen LogP) is 1.33. The molecule has 1 aliphatic rings. The van der Waals surface area contributed by atoms with Crippen LogP contribution in [0.2, 0.25) is 0 Å². The Bertz CT molecular complexity index is 548. The van der Waals surface area contributed by atoms with E-state index in [-0.39, 0.29) is 10.4 Å². The van der Waals surface area contributed by atoms with E-state index in [2.05, 4.69) is 29.4 Å². The molecule has 6 nitrogen and oxygen atoms in total. The lowest BCUT2D eigenvalue weighted by atomic mass is 9.82. The third kappa shape index (κ3) is 2.62. The van der Waals surface area contributed by atoms with E-state index in [0.717, 1.165) is 19.3 Å². The topological polar surface area (TPSA) is 78.1 Å². The zero-order valence-corrected chi connectivity index (χ0v) is 13.3. The van der Waals surface area contributed by atoms with Gasteiger partial charge in [0.05, 0.1) is 6.20 Å². The Morgan fingerprint density at radius 1 is 1.45 bits per heavy atom. The fraction of sp³-hybridized carbons (Fsp3) is 0.769. The smallest absolute Gasteiger partial charge is 0.260 e. The highest BCUT2D eigenvalue weighted by Gasteiger charge is 2.41. The van der Waals surface area contributed by atoms with E-state index in [4.69, 9.17) is 0 Å². The molecule has 2 N–H and O–H groups in total. The van der Waals surface area contributed by atoms with Crippen LogP contribution >= 0.6 is 0 Å². The van der Waals surface area contributed by atoms with Gasteiger partial charge in [0, 0.05) is 25.2 Å². The first-order valence-corrected chi connectivity index (χ1v) is 8.60. The third-order valence-electron chi connectivity index (χ3n) is 4.55. The minimum absolute atomic E-state index is 0.135. The second-order valence-corrected chi connectivity index (χ2v) is 7.43. The van der Waals surface area contributed by atoms with Gasteiger partial charge in [-0.3, -0.25) is 5.10 Å². The van der Waals surface area contributed by atoms with Crippen molar-refractivity contribution in [3.8, 4) is 0 Å². The quantitative estimate of drug-likeness (QED) is 0.831. The highest BCUT2D eigenvalue weighted by molar-refractivity contribution is 7.89. The van der Waals surface area contributed by atoms with E-state index < -0.39 is 10.0 Å². The molecule has 0 radical (unpaired) electrons. The monoisotopic (exact) mass is 300 g/mol. The first-order chi connectivity index (χ1) is 9.49. The first-order valence-electron chi connectivity index (χ1n) is 7.16. The molecule has 0 aromatic carbocycles. The molecule has 20 heavy (non-hydrogen) atoms. The summed E-state index contributed by atoms with van der Waals surface area (Å²) >= 11 is 0. The van der Waals surface area contributed by atoms with Crippen molar-refractivity contribution in [2.75, 3.05) is 20.1 Å². The number of nitrogens with one attached hydrogen (secondary N) is 2. The molecule has 1 aromatic heterocycles. The van der Waals surface area contributed by atoms with Crippen molar-refractivity contribution in [3.05, 3.63) is 11.8 Å². The summed E-state index contributed by atoms with van der Waals surface area (Å²) in [7, 11) is -1.67. The maximum absolute atomic E-state index is 12.7. The van der Waals surface area contributed by atoms with Crippen LogP contribution < -0.4 is 5.32 Å². The summed E-state index contributed by atoms with van der Waals surface area (Å²) in [6.07, 6.45) is 4.55. The van der Waals surface area contributed by atoms with Gasteiger partial charge in [0.1, 0.15) is 0 Å². The van der Waals surface area contributed by atoms with Gasteiger partial charge in [-0.25, -0.2) is 8.42 Å². The van der Waals surface area contributed by atoms with Crippen LogP contribution in [0.4, 0.5) is 0 Å². The molecule has 2 rings (SSSR count). The van der Waals surface area contributed by atoms with Gasteiger partial charge < -0.3 is 5.32 Å². The molecule has 0 amide bonds. The van der Waals surface area contributed by atoms with Crippen molar-refractivity contribution in [3.63, 3.8) is 0 Å². The summed E-state index contributed by atoms with van der Waals surface area (Å²) in [5, 5.41) is 9.74. The number of aromatic nitrogens is 2. The number of rotatable bonds is 6. The van der Waals surface area contributed by atoms with Crippen molar-refractivity contribution in [2.24, 2.45) is 5.41 Å². The fourth-order valence-corrected chi connectivity index (χ4v) is 4.55. The van der Waals surface area contributed by atoms with Crippen LogP contribution in [0.5, 0.6) is 0 Å². The van der Waals surface area contributed by atoms with Gasteiger partial charge in [0.15, 0.2) is 5.03 Å². The van der Waals surface area contributed by atoms with Crippen LogP contribution in [0.15, 0.2) is 11.2 Å². The molecule has 2 heterocycles. The minimum atomic E-state index is -3.46. The average molecular weight is 300 g/mol. The molecule has 0 aliphatic carbocycles. The number of H-pyrrole nitrogens is 1. The SMILES string of the molecule is CCC1(CC)CCN(S(=O)(=O)c2[nH]ncc2CNC)C1. The van der Waals surface area contributed by atoms with E-state index in [1.54, 1.807) is 17.5 Å². The summed E-state index contributed by atoms with van der Waals surface area (Å²) in [4.78, 5) is 0. The van der Waals surface area contributed by atoms with Crippen LogP contribution in [0.3, 0.4) is 0 Å². The molecule has 0 atom stereocenters. The normalized spacial score (nSPS) is 19.6. The Kier molecular flexibility index (Phi) is 4.51. The second-order valence-electron chi connectivity index (χ2n) is 5.55. The summed E-state index contributed by atoms with van der Waals surface area (Å²) < 4.78 is 27.1. The fourth-order valence-electron chi connectivity index (χ4n) is 2.89. The third-order valence-corrected chi connectivity index (χ3v) is 6.41. The van der Waals surface area contributed by atoms with E-state index in [0.29, 0.717) is 25.2 Å². The summed E-state index contributed by atoms with van der Waals surface area (Å²) in [5.41, 5.74) is 0.828. The Hall–Kier alpha value is -0.920. The second kappa shape index (κ2) is 5.83. The predicted molar refractivity (Wildman–Crippen MR) is 77.7 cm³/mol. The van der Waals surface area contributed by atoms with Crippen LogP contribution in [-0.4, -0.2) is 43.1 Å². The molecular weight excluding hydrogens is 276 g/mol. The van der Waals surface area contributed by atoms with Gasteiger partial charge in [0.2, 0.25) is 0 Å². The summed E-state index contributed by atoms with van der Waals surface area (Å²) in [6, 6.07) is 0. The average Bonchev–Trinajstić information content (AvgIpc) is 3.06. The van der Waals surface area contributed by atoms with E-state index in [1.807, 2.05) is 0 Å². The van der Waals surface area contributed by atoms with Crippen molar-refractivity contribution in [1.29, 1.82) is 0 Å². The van der Waals surface area contributed by atoms with Crippen molar-refractivity contribution < 1.29 is 8.42 Å². The lowest BCUT2D eigenvalue weighted by Crippen LogP contribution is -2.32. The Morgan fingerprint density at radius 2 is 2.15 bits per heavy atom. The Morgan fingerprint density at radius 3 is 2.70 bits per heavy atom. The van der Waals surface area contributed by atoms with Crippen LogP contribution in [0.25, 0.3) is 0 Å². The molecule has 7 heteroatoms. The van der Waals surface area contributed by atoms with Gasteiger partial charge in [0.25, 0.3) is 10.0 Å². The zero-order chi connectivity index (χ0) is 14.8. The molecule has 0 unspecified atom stereocenters. The van der Waals surface area contributed by atoms with E-state index in [1.165, 1.54) is 0 Å². The van der Waals surface area contributed by atoms with Gasteiger partial charge in [-0.2, -0.15) is 9.40 Å². The van der Waals surface area contributed by atoms with E-state index in [9.17, 15) is 8.42 Å². The van der Waals surface area contributed by atoms with Crippen LogP contribution in [-0.2, 0) is 16.6 Å². The highest BCUT2D eigenvalue weighted by Crippen LogP contribution is 2.39. The summed E-state index contributed by atoms with van der Waals surface area (Å²) in [6.45, 7) is 5.98. The van der Waals surface area contributed by atoms with Gasteiger partial charge in [-0.15, -0.1) is 0 Å². The molecule has 1 aromatic rings. The summed E-state index contributed by atoms with van der Waals surface area (Å²) in [5.74, 6) is 0. The number of hydrogen-bond acceptors (Lipinski definition) is 4. The maximum atomic E-state index is 12.7. The Balaban J connectivity index is 2.26. The number of aromatic amines is 1. The highest BCUT2D eigenvalue weighted by atomic mass is 32.2. The van der Waals surface area contributed by atoms with E-state index >= 15 is 0 Å². The van der Waals surface area contributed by atoms with Gasteiger partial charge in [-0.05, 0) is 31.7 Å². The lowest BCUT2D eigenvalue weighted by molar-refractivity contribution is 0.279. The molecule has 0 bridgehead atoms. The van der Waals surface area contributed by atoms with Crippen molar-refractivity contribution in [2.45, 2.75) is 44.7 Å². The lowest BCUT2D eigenvalue weighted by Gasteiger charge is -2.26. The first kappa shape index (κ1) is 15.5. The standard InChI is InChI=1S/C13H24N4O2S/c1-4-13(5-2)6-7-17(10-13)20(18,19)12-11(8-14-3)9-15-16-12/h9,14H,4-8,10H2,1-3H3,(H,15,16). The number of sulfonamides is 1. The van der Waals surface area contributed by atoms with Gasteiger partial charge >= 0.3 is 0 Å². The maximum Gasteiger partial charge on any atom is 0.260 e. The number of hydrogen-bond donors (Lipinski definition) is 2. The van der Waals surface area contributed by atoms with Crippen LogP contribution in [0.1, 0.15) is 38.7 Å². The molecule has 0 saturated carbocycles. The Labute approximate surface area is 121 Å². The molecule has 1 saturated heterocycles. The van der Waals surface area contributed by atoms with Gasteiger partial charge in [-0.1, -0.05) is 13.8 Å². The number of nitrogens with zero attached hydrogens (tertiary/aromatic N) is 2. The molecule has 1 fully saturated rings. The van der Waals surface area contributed by atoms with Crippen LogP contribution in [0, 0.1) is 5.41 Å². The molecule has 0 spiro atoms.